The fraction of sp³-hybridized carbons (Fsp3) is 0.304. The Morgan fingerprint density at radius 2 is 1.61 bits per heavy atom. The predicted molar refractivity (Wildman–Crippen MR) is 123 cm³/mol. The van der Waals surface area contributed by atoms with E-state index in [1.807, 2.05) is 38.1 Å². The number of hydrogen-bond donors (Lipinski definition) is 1. The normalized spacial score (nSPS) is 11.6. The largest absolute Gasteiger partial charge is 0.416 e. The van der Waals surface area contributed by atoms with Gasteiger partial charge in [0.25, 0.3) is 5.91 Å². The number of carbonyl (C=O) groups is 1. The van der Waals surface area contributed by atoms with Crippen LogP contribution in [0.3, 0.4) is 0 Å². The Bertz CT molecular complexity index is 1040. The number of pyridine rings is 1. The second kappa shape index (κ2) is 10.4. The first kappa shape index (κ1) is 23.5. The van der Waals surface area contributed by atoms with Crippen molar-refractivity contribution in [2.75, 3.05) is 16.8 Å². The van der Waals surface area contributed by atoms with E-state index in [9.17, 15) is 18.0 Å². The average Bonchev–Trinajstić information content (AvgIpc) is 2.75. The van der Waals surface area contributed by atoms with Gasteiger partial charge in [0.1, 0.15) is 0 Å². The van der Waals surface area contributed by atoms with Crippen LogP contribution in [-0.2, 0) is 6.18 Å². The number of aromatic nitrogens is 1. The van der Waals surface area contributed by atoms with Crippen molar-refractivity contribution in [3.05, 3.63) is 59.8 Å². The molecule has 3 aromatic rings. The quantitative estimate of drug-likeness (QED) is 0.350. The Labute approximate surface area is 188 Å². The van der Waals surface area contributed by atoms with E-state index in [4.69, 9.17) is 0 Å². The van der Waals surface area contributed by atoms with Gasteiger partial charge in [-0.15, -0.1) is 23.5 Å². The minimum Gasteiger partial charge on any atom is -0.320 e. The lowest BCUT2D eigenvalue weighted by molar-refractivity contribution is -0.137. The van der Waals surface area contributed by atoms with Crippen molar-refractivity contribution in [3.63, 3.8) is 0 Å². The van der Waals surface area contributed by atoms with Crippen LogP contribution in [0.1, 0.15) is 42.6 Å². The molecule has 0 saturated heterocycles. The number of anilines is 1. The highest BCUT2D eigenvalue weighted by Gasteiger charge is 2.33. The number of fused-ring (bicyclic) bond motifs is 1. The summed E-state index contributed by atoms with van der Waals surface area (Å²) in [5.41, 5.74) is 0.725. The van der Waals surface area contributed by atoms with Gasteiger partial charge in [-0.3, -0.25) is 9.78 Å². The van der Waals surface area contributed by atoms with Gasteiger partial charge in [-0.05, 0) is 48.6 Å². The van der Waals surface area contributed by atoms with Crippen molar-refractivity contribution < 1.29 is 18.0 Å². The summed E-state index contributed by atoms with van der Waals surface area (Å²) in [6, 6.07) is 11.3. The standard InChI is InChI=1S/C23H23F3N2OS2/c1-3-11-30-18-13-16(23(24,25)26)14-19(31-12-4-2)20(18)22(29)28-17-9-5-7-15-8-6-10-27-21(15)17/h5-10,13-14H,3-4,11-12H2,1-2H3,(H,28,29). The minimum atomic E-state index is -4.47. The summed E-state index contributed by atoms with van der Waals surface area (Å²) >= 11 is 2.56. The summed E-state index contributed by atoms with van der Waals surface area (Å²) < 4.78 is 40.6. The van der Waals surface area contributed by atoms with E-state index < -0.39 is 17.6 Å². The summed E-state index contributed by atoms with van der Waals surface area (Å²) in [4.78, 5) is 18.4. The fourth-order valence-corrected chi connectivity index (χ4v) is 5.05. The number of alkyl halides is 3. The molecule has 0 atom stereocenters. The minimum absolute atomic E-state index is 0.290. The summed E-state index contributed by atoms with van der Waals surface area (Å²) in [6.07, 6.45) is -1.27. The molecule has 0 aliphatic heterocycles. The van der Waals surface area contributed by atoms with Crippen LogP contribution in [-0.4, -0.2) is 22.4 Å². The molecule has 2 aromatic carbocycles. The number of para-hydroxylation sites is 1. The molecule has 0 unspecified atom stereocenters. The number of rotatable bonds is 8. The fourth-order valence-electron chi connectivity index (χ4n) is 3.02. The second-order valence-corrected chi connectivity index (χ2v) is 9.15. The van der Waals surface area contributed by atoms with E-state index in [-0.39, 0.29) is 5.56 Å². The van der Waals surface area contributed by atoms with Gasteiger partial charge in [-0.2, -0.15) is 13.2 Å². The summed E-state index contributed by atoms with van der Waals surface area (Å²) in [5, 5.41) is 3.75. The van der Waals surface area contributed by atoms with Gasteiger partial charge < -0.3 is 5.32 Å². The number of carbonyl (C=O) groups excluding carboxylic acids is 1. The van der Waals surface area contributed by atoms with Crippen LogP contribution in [0.25, 0.3) is 10.9 Å². The SMILES string of the molecule is CCCSc1cc(C(F)(F)F)cc(SCCC)c1C(=O)Nc1cccc2cccnc12. The lowest BCUT2D eigenvalue weighted by atomic mass is 10.1. The highest BCUT2D eigenvalue weighted by Crippen LogP contribution is 2.40. The monoisotopic (exact) mass is 464 g/mol. The molecule has 0 spiro atoms. The molecule has 0 aliphatic rings. The smallest absolute Gasteiger partial charge is 0.320 e. The molecule has 1 aromatic heterocycles. The number of benzene rings is 2. The topological polar surface area (TPSA) is 42.0 Å². The van der Waals surface area contributed by atoms with E-state index >= 15 is 0 Å². The maximum Gasteiger partial charge on any atom is 0.416 e. The lowest BCUT2D eigenvalue weighted by Gasteiger charge is -2.18. The van der Waals surface area contributed by atoms with E-state index in [1.165, 1.54) is 23.5 Å². The third kappa shape index (κ3) is 5.74. The van der Waals surface area contributed by atoms with E-state index in [2.05, 4.69) is 10.3 Å². The van der Waals surface area contributed by atoms with Gasteiger partial charge >= 0.3 is 6.18 Å². The Kier molecular flexibility index (Phi) is 7.89. The summed E-state index contributed by atoms with van der Waals surface area (Å²) in [7, 11) is 0. The number of nitrogens with zero attached hydrogens (tertiary/aromatic N) is 1. The van der Waals surface area contributed by atoms with E-state index in [0.29, 0.717) is 32.5 Å². The number of halogens is 3. The summed E-state index contributed by atoms with van der Waals surface area (Å²) in [5.74, 6) is 0.814. The molecule has 1 N–H and O–H groups in total. The molecular formula is C23H23F3N2OS2. The van der Waals surface area contributed by atoms with Crippen LogP contribution in [0.2, 0.25) is 0 Å². The van der Waals surface area contributed by atoms with Gasteiger partial charge in [0.05, 0.1) is 22.3 Å². The number of amides is 1. The molecule has 0 radical (unpaired) electrons. The van der Waals surface area contributed by atoms with Gasteiger partial charge in [-0.1, -0.05) is 32.0 Å². The number of thioether (sulfide) groups is 2. The van der Waals surface area contributed by atoms with Crippen molar-refractivity contribution >= 4 is 46.0 Å². The molecule has 0 aliphatic carbocycles. The molecule has 164 valence electrons. The van der Waals surface area contributed by atoms with Gasteiger partial charge in [0, 0.05) is 21.4 Å². The maximum absolute atomic E-state index is 13.5. The van der Waals surface area contributed by atoms with Gasteiger partial charge in [0.15, 0.2) is 0 Å². The van der Waals surface area contributed by atoms with E-state index in [0.717, 1.165) is 30.4 Å². The molecule has 3 rings (SSSR count). The van der Waals surface area contributed by atoms with Crippen LogP contribution >= 0.6 is 23.5 Å². The molecule has 8 heteroatoms. The second-order valence-electron chi connectivity index (χ2n) is 6.88. The Morgan fingerprint density at radius 3 is 2.19 bits per heavy atom. The highest BCUT2D eigenvalue weighted by atomic mass is 32.2. The Balaban J connectivity index is 2.08. The Hall–Kier alpha value is -2.19. The van der Waals surface area contributed by atoms with Crippen LogP contribution in [0, 0.1) is 0 Å². The zero-order chi connectivity index (χ0) is 22.4. The Morgan fingerprint density at radius 1 is 1.00 bits per heavy atom. The number of hydrogen-bond acceptors (Lipinski definition) is 4. The number of nitrogens with one attached hydrogen (secondary N) is 1. The lowest BCUT2D eigenvalue weighted by Crippen LogP contribution is -2.16. The molecule has 31 heavy (non-hydrogen) atoms. The molecule has 0 saturated carbocycles. The van der Waals surface area contributed by atoms with Gasteiger partial charge in [-0.25, -0.2) is 0 Å². The van der Waals surface area contributed by atoms with Crippen molar-refractivity contribution in [2.45, 2.75) is 42.7 Å². The average molecular weight is 465 g/mol. The first-order valence-corrected chi connectivity index (χ1v) is 12.0. The molecule has 3 nitrogen and oxygen atoms in total. The van der Waals surface area contributed by atoms with Crippen LogP contribution in [0.5, 0.6) is 0 Å². The molecule has 0 fully saturated rings. The van der Waals surface area contributed by atoms with Crippen molar-refractivity contribution in [1.29, 1.82) is 0 Å². The predicted octanol–water partition coefficient (Wildman–Crippen LogP) is 7.51. The van der Waals surface area contributed by atoms with Gasteiger partial charge in [0.2, 0.25) is 0 Å². The molecule has 0 bridgehead atoms. The first-order valence-electron chi connectivity index (χ1n) is 10.0. The van der Waals surface area contributed by atoms with Crippen LogP contribution in [0.4, 0.5) is 18.9 Å². The highest BCUT2D eigenvalue weighted by molar-refractivity contribution is 8.00. The maximum atomic E-state index is 13.5. The third-order valence-corrected chi connectivity index (χ3v) is 6.92. The first-order chi connectivity index (χ1) is 14.8. The van der Waals surface area contributed by atoms with Crippen LogP contribution < -0.4 is 5.32 Å². The third-order valence-electron chi connectivity index (χ3n) is 4.42. The zero-order valence-electron chi connectivity index (χ0n) is 17.3. The molecule has 1 heterocycles. The van der Waals surface area contributed by atoms with Crippen molar-refractivity contribution in [1.82, 2.24) is 4.98 Å². The zero-order valence-corrected chi connectivity index (χ0v) is 18.9. The van der Waals surface area contributed by atoms with Crippen LogP contribution in [0.15, 0.2) is 58.5 Å². The van der Waals surface area contributed by atoms with E-state index in [1.54, 1.807) is 12.3 Å². The van der Waals surface area contributed by atoms with Crippen molar-refractivity contribution in [3.8, 4) is 0 Å². The molecule has 1 amide bonds. The van der Waals surface area contributed by atoms with Crippen molar-refractivity contribution in [2.24, 2.45) is 0 Å². The molecular weight excluding hydrogens is 441 g/mol. The summed E-state index contributed by atoms with van der Waals surface area (Å²) in [6.45, 7) is 3.91.